The van der Waals surface area contributed by atoms with Crippen molar-refractivity contribution < 1.29 is 9.18 Å². The van der Waals surface area contributed by atoms with Gasteiger partial charge in [0, 0.05) is 6.42 Å². The summed E-state index contributed by atoms with van der Waals surface area (Å²) in [7, 11) is 0. The number of carbonyl (C=O) groups excluding carboxylic acids is 1. The fraction of sp³-hybridized carbons (Fsp3) is 0.250. The number of amides is 1. The Balaban J connectivity index is 2.83. The summed E-state index contributed by atoms with van der Waals surface area (Å²) in [4.78, 5) is 14.7. The largest absolute Gasteiger partial charge is 0.310 e. The number of rotatable bonds is 2. The van der Waals surface area contributed by atoms with E-state index in [1.54, 1.807) is 6.92 Å². The molecule has 13 heavy (non-hydrogen) atoms. The first kappa shape index (κ1) is 10.4. The molecule has 0 aliphatic rings. The molecule has 5 heteroatoms. The van der Waals surface area contributed by atoms with Gasteiger partial charge >= 0.3 is 0 Å². The molecule has 70 valence electrons. The smallest absolute Gasteiger partial charge is 0.225 e. The third-order valence-corrected chi connectivity index (χ3v) is 2.21. The van der Waals surface area contributed by atoms with Gasteiger partial charge in [-0.2, -0.15) is 0 Å². The molecule has 0 aliphatic carbocycles. The highest BCUT2D eigenvalue weighted by molar-refractivity contribution is 14.1. The SMILES string of the molecule is CCC(=O)Nc1ncc(F)cc1I. The van der Waals surface area contributed by atoms with Crippen LogP contribution in [0.3, 0.4) is 0 Å². The maximum Gasteiger partial charge on any atom is 0.225 e. The van der Waals surface area contributed by atoms with E-state index >= 15 is 0 Å². The minimum atomic E-state index is -0.404. The van der Waals surface area contributed by atoms with E-state index < -0.39 is 5.82 Å². The molecule has 0 bridgehead atoms. The van der Waals surface area contributed by atoms with Gasteiger partial charge in [-0.3, -0.25) is 4.79 Å². The lowest BCUT2D eigenvalue weighted by Crippen LogP contribution is -2.12. The van der Waals surface area contributed by atoms with Crippen LogP contribution < -0.4 is 5.32 Å². The van der Waals surface area contributed by atoms with Gasteiger partial charge in [0.15, 0.2) is 0 Å². The molecule has 0 saturated heterocycles. The Kier molecular flexibility index (Phi) is 3.58. The number of anilines is 1. The lowest BCUT2D eigenvalue weighted by atomic mass is 10.4. The molecule has 0 fully saturated rings. The molecule has 0 spiro atoms. The summed E-state index contributed by atoms with van der Waals surface area (Å²) in [6.07, 6.45) is 1.46. The van der Waals surface area contributed by atoms with Crippen LogP contribution in [-0.2, 0) is 4.79 Å². The van der Waals surface area contributed by atoms with Crippen molar-refractivity contribution in [2.45, 2.75) is 13.3 Å². The molecular weight excluding hydrogens is 286 g/mol. The van der Waals surface area contributed by atoms with Crippen molar-refractivity contribution in [2.24, 2.45) is 0 Å². The summed E-state index contributed by atoms with van der Waals surface area (Å²) in [6, 6.07) is 1.32. The lowest BCUT2D eigenvalue weighted by molar-refractivity contribution is -0.115. The molecule has 1 amide bonds. The second kappa shape index (κ2) is 4.50. The highest BCUT2D eigenvalue weighted by Crippen LogP contribution is 2.15. The summed E-state index contributed by atoms with van der Waals surface area (Å²) in [5.74, 6) is -0.121. The zero-order valence-corrected chi connectivity index (χ0v) is 9.13. The van der Waals surface area contributed by atoms with Crippen LogP contribution in [0.2, 0.25) is 0 Å². The average Bonchev–Trinajstić information content (AvgIpc) is 2.09. The summed E-state index contributed by atoms with van der Waals surface area (Å²) in [5.41, 5.74) is 0. The van der Waals surface area contributed by atoms with E-state index in [0.717, 1.165) is 6.20 Å². The van der Waals surface area contributed by atoms with Gasteiger partial charge < -0.3 is 5.32 Å². The summed E-state index contributed by atoms with van der Waals surface area (Å²) >= 11 is 1.92. The molecule has 1 aromatic rings. The van der Waals surface area contributed by atoms with Crippen LogP contribution in [0, 0.1) is 9.39 Å². The third kappa shape index (κ3) is 2.91. The van der Waals surface area contributed by atoms with E-state index in [1.165, 1.54) is 6.07 Å². The van der Waals surface area contributed by atoms with Crippen molar-refractivity contribution >= 4 is 34.3 Å². The predicted octanol–water partition coefficient (Wildman–Crippen LogP) is 2.17. The lowest BCUT2D eigenvalue weighted by Gasteiger charge is -2.03. The quantitative estimate of drug-likeness (QED) is 0.849. The zero-order valence-electron chi connectivity index (χ0n) is 6.97. The monoisotopic (exact) mass is 294 g/mol. The van der Waals surface area contributed by atoms with E-state index in [1.807, 2.05) is 22.6 Å². The van der Waals surface area contributed by atoms with Gasteiger partial charge in [-0.15, -0.1) is 0 Å². The van der Waals surface area contributed by atoms with Gasteiger partial charge in [-0.1, -0.05) is 6.92 Å². The Hall–Kier alpha value is -0.720. The van der Waals surface area contributed by atoms with Crippen molar-refractivity contribution in [2.75, 3.05) is 5.32 Å². The molecule has 0 aliphatic heterocycles. The van der Waals surface area contributed by atoms with Crippen molar-refractivity contribution in [3.8, 4) is 0 Å². The average molecular weight is 294 g/mol. The first-order chi connectivity index (χ1) is 6.13. The Bertz CT molecular complexity index is 330. The van der Waals surface area contributed by atoms with Gasteiger partial charge in [0.2, 0.25) is 5.91 Å². The number of hydrogen-bond donors (Lipinski definition) is 1. The van der Waals surface area contributed by atoms with Crippen LogP contribution in [0.25, 0.3) is 0 Å². The van der Waals surface area contributed by atoms with Gasteiger partial charge in [0.25, 0.3) is 0 Å². The number of halogens is 2. The van der Waals surface area contributed by atoms with E-state index in [2.05, 4.69) is 10.3 Å². The molecule has 0 unspecified atom stereocenters. The Labute approximate surface area is 88.9 Å². The second-order valence-corrected chi connectivity index (χ2v) is 3.55. The Morgan fingerprint density at radius 3 is 3.00 bits per heavy atom. The number of aromatic nitrogens is 1. The normalized spacial score (nSPS) is 9.77. The summed E-state index contributed by atoms with van der Waals surface area (Å²) in [6.45, 7) is 1.74. The maximum absolute atomic E-state index is 12.6. The number of nitrogens with zero attached hydrogens (tertiary/aromatic N) is 1. The van der Waals surface area contributed by atoms with E-state index in [4.69, 9.17) is 0 Å². The van der Waals surface area contributed by atoms with Crippen LogP contribution >= 0.6 is 22.6 Å². The van der Waals surface area contributed by atoms with Crippen LogP contribution in [0.15, 0.2) is 12.3 Å². The van der Waals surface area contributed by atoms with E-state index in [0.29, 0.717) is 15.8 Å². The zero-order chi connectivity index (χ0) is 9.84. The molecule has 1 aromatic heterocycles. The third-order valence-electron chi connectivity index (χ3n) is 1.39. The first-order valence-corrected chi connectivity index (χ1v) is 4.82. The Morgan fingerprint density at radius 2 is 2.46 bits per heavy atom. The van der Waals surface area contributed by atoms with Gasteiger partial charge in [-0.25, -0.2) is 9.37 Å². The van der Waals surface area contributed by atoms with Gasteiger partial charge in [-0.05, 0) is 28.7 Å². The number of hydrogen-bond acceptors (Lipinski definition) is 2. The summed E-state index contributed by atoms with van der Waals surface area (Å²) < 4.78 is 13.2. The van der Waals surface area contributed by atoms with Crippen molar-refractivity contribution in [3.63, 3.8) is 0 Å². The molecule has 1 N–H and O–H groups in total. The van der Waals surface area contributed by atoms with Crippen LogP contribution in [0.1, 0.15) is 13.3 Å². The molecule has 0 atom stereocenters. The van der Waals surface area contributed by atoms with Gasteiger partial charge in [0.05, 0.1) is 9.77 Å². The molecule has 1 rings (SSSR count). The molecule has 1 heterocycles. The minimum absolute atomic E-state index is 0.128. The van der Waals surface area contributed by atoms with E-state index in [9.17, 15) is 9.18 Å². The molecule has 3 nitrogen and oxygen atoms in total. The van der Waals surface area contributed by atoms with Crippen LogP contribution in [-0.4, -0.2) is 10.9 Å². The molecule has 0 aromatic carbocycles. The van der Waals surface area contributed by atoms with Crippen LogP contribution in [0.5, 0.6) is 0 Å². The first-order valence-electron chi connectivity index (χ1n) is 3.74. The summed E-state index contributed by atoms with van der Waals surface area (Å²) in [5, 5.41) is 2.56. The topological polar surface area (TPSA) is 42.0 Å². The standard InChI is InChI=1S/C8H8FIN2O/c1-2-7(13)12-8-6(10)3-5(9)4-11-8/h3-4H,2H2,1H3,(H,11,12,13). The predicted molar refractivity (Wildman–Crippen MR) is 55.8 cm³/mol. The second-order valence-electron chi connectivity index (χ2n) is 2.39. The van der Waals surface area contributed by atoms with Gasteiger partial charge in [0.1, 0.15) is 11.6 Å². The molecule has 0 radical (unpaired) electrons. The van der Waals surface area contributed by atoms with E-state index in [-0.39, 0.29) is 5.91 Å². The highest BCUT2D eigenvalue weighted by atomic mass is 127. The minimum Gasteiger partial charge on any atom is -0.310 e. The number of nitrogens with one attached hydrogen (secondary N) is 1. The van der Waals surface area contributed by atoms with Crippen molar-refractivity contribution in [1.29, 1.82) is 0 Å². The highest BCUT2D eigenvalue weighted by Gasteiger charge is 2.05. The Morgan fingerprint density at radius 1 is 1.77 bits per heavy atom. The fourth-order valence-corrected chi connectivity index (χ4v) is 1.30. The molecule has 0 saturated carbocycles. The number of carbonyl (C=O) groups is 1. The van der Waals surface area contributed by atoms with Crippen LogP contribution in [0.4, 0.5) is 10.2 Å². The maximum atomic E-state index is 12.6. The fourth-order valence-electron chi connectivity index (χ4n) is 0.727. The van der Waals surface area contributed by atoms with Crippen molar-refractivity contribution in [3.05, 3.63) is 21.7 Å². The van der Waals surface area contributed by atoms with Crippen molar-refractivity contribution in [1.82, 2.24) is 4.98 Å². The molecular formula is C8H8FIN2O. The number of pyridine rings is 1.